The van der Waals surface area contributed by atoms with Crippen molar-refractivity contribution in [1.29, 1.82) is 0 Å². The number of anilines is 1. The molecule has 29 heavy (non-hydrogen) atoms. The lowest BCUT2D eigenvalue weighted by molar-refractivity contribution is 0.101. The van der Waals surface area contributed by atoms with Gasteiger partial charge in [-0.15, -0.1) is 0 Å². The standard InChI is InChI=1S/C23H20FNO4/c1-15(26)19-12-21(28-2)22(29-14-16-6-4-3-5-7-16)13-20(19)25-23(27)17-8-10-18(24)11-9-17/h3-13H,14H2,1-2H3,(H,25,27). The van der Waals surface area contributed by atoms with E-state index < -0.39 is 11.7 Å². The van der Waals surface area contributed by atoms with Crippen LogP contribution < -0.4 is 14.8 Å². The van der Waals surface area contributed by atoms with Crippen molar-refractivity contribution in [2.24, 2.45) is 0 Å². The number of nitrogens with one attached hydrogen (secondary N) is 1. The lowest BCUT2D eigenvalue weighted by atomic mass is 10.1. The largest absolute Gasteiger partial charge is 0.493 e. The zero-order valence-electron chi connectivity index (χ0n) is 16.1. The first kappa shape index (κ1) is 20.1. The Hall–Kier alpha value is -3.67. The fourth-order valence-corrected chi connectivity index (χ4v) is 2.76. The maximum atomic E-state index is 13.1. The van der Waals surface area contributed by atoms with Gasteiger partial charge in [-0.25, -0.2) is 4.39 Å². The normalized spacial score (nSPS) is 10.3. The predicted molar refractivity (Wildman–Crippen MR) is 108 cm³/mol. The number of carbonyl (C=O) groups excluding carboxylic acids is 2. The summed E-state index contributed by atoms with van der Waals surface area (Å²) >= 11 is 0. The fourth-order valence-electron chi connectivity index (χ4n) is 2.76. The Labute approximate surface area is 168 Å². The lowest BCUT2D eigenvalue weighted by Crippen LogP contribution is -2.15. The highest BCUT2D eigenvalue weighted by Crippen LogP contribution is 2.34. The summed E-state index contributed by atoms with van der Waals surface area (Å²) in [4.78, 5) is 24.6. The van der Waals surface area contributed by atoms with Gasteiger partial charge in [-0.2, -0.15) is 0 Å². The number of amides is 1. The Kier molecular flexibility index (Phi) is 6.24. The predicted octanol–water partition coefficient (Wildman–Crippen LogP) is 4.87. The summed E-state index contributed by atoms with van der Waals surface area (Å²) < 4.78 is 24.3. The molecule has 148 valence electrons. The molecule has 0 radical (unpaired) electrons. The number of ether oxygens (including phenoxy) is 2. The van der Waals surface area contributed by atoms with Crippen LogP contribution in [0, 0.1) is 5.82 Å². The van der Waals surface area contributed by atoms with Crippen molar-refractivity contribution in [3.63, 3.8) is 0 Å². The van der Waals surface area contributed by atoms with E-state index in [9.17, 15) is 14.0 Å². The van der Waals surface area contributed by atoms with Gasteiger partial charge in [-0.3, -0.25) is 9.59 Å². The monoisotopic (exact) mass is 393 g/mol. The summed E-state index contributed by atoms with van der Waals surface area (Å²) in [5, 5.41) is 2.70. The van der Waals surface area contributed by atoms with Gasteiger partial charge in [0.2, 0.25) is 0 Å². The summed E-state index contributed by atoms with van der Waals surface area (Å²) in [6.07, 6.45) is 0. The van der Waals surface area contributed by atoms with Crippen LogP contribution in [-0.2, 0) is 6.61 Å². The van der Waals surface area contributed by atoms with Crippen LogP contribution in [0.3, 0.4) is 0 Å². The summed E-state index contributed by atoms with van der Waals surface area (Å²) in [7, 11) is 1.48. The Balaban J connectivity index is 1.90. The van der Waals surface area contributed by atoms with Crippen LogP contribution in [0.2, 0.25) is 0 Å². The average Bonchev–Trinajstić information content (AvgIpc) is 2.73. The zero-order valence-corrected chi connectivity index (χ0v) is 16.1. The Morgan fingerprint density at radius 2 is 1.66 bits per heavy atom. The van der Waals surface area contributed by atoms with Crippen LogP contribution in [0.1, 0.15) is 33.2 Å². The molecule has 0 aliphatic heterocycles. The van der Waals surface area contributed by atoms with E-state index in [-0.39, 0.29) is 22.6 Å². The third-order valence-electron chi connectivity index (χ3n) is 4.27. The maximum absolute atomic E-state index is 13.1. The molecule has 0 saturated carbocycles. The summed E-state index contributed by atoms with van der Waals surface area (Å²) in [5.41, 5.74) is 1.80. The molecule has 3 rings (SSSR count). The number of carbonyl (C=O) groups is 2. The van der Waals surface area contributed by atoms with Gasteiger partial charge in [0.25, 0.3) is 5.91 Å². The van der Waals surface area contributed by atoms with Crippen molar-refractivity contribution in [2.45, 2.75) is 13.5 Å². The van der Waals surface area contributed by atoms with E-state index in [1.807, 2.05) is 30.3 Å². The first-order chi connectivity index (χ1) is 14.0. The minimum atomic E-state index is -0.466. The van der Waals surface area contributed by atoms with Gasteiger partial charge in [-0.05, 0) is 42.8 Å². The first-order valence-corrected chi connectivity index (χ1v) is 8.94. The van der Waals surface area contributed by atoms with E-state index in [0.29, 0.717) is 18.1 Å². The van der Waals surface area contributed by atoms with E-state index in [1.54, 1.807) is 6.07 Å². The molecule has 0 atom stereocenters. The van der Waals surface area contributed by atoms with E-state index in [1.165, 1.54) is 44.4 Å². The molecule has 0 aliphatic carbocycles. The van der Waals surface area contributed by atoms with Crippen LogP contribution in [0.4, 0.5) is 10.1 Å². The fraction of sp³-hybridized carbons (Fsp3) is 0.130. The van der Waals surface area contributed by atoms with Crippen LogP contribution in [0.5, 0.6) is 11.5 Å². The Morgan fingerprint density at radius 1 is 0.966 bits per heavy atom. The number of hydrogen-bond donors (Lipinski definition) is 1. The van der Waals surface area contributed by atoms with Crippen molar-refractivity contribution in [3.05, 3.63) is 89.2 Å². The van der Waals surface area contributed by atoms with E-state index in [2.05, 4.69) is 5.32 Å². The van der Waals surface area contributed by atoms with Crippen molar-refractivity contribution in [3.8, 4) is 11.5 Å². The first-order valence-electron chi connectivity index (χ1n) is 8.94. The summed E-state index contributed by atoms with van der Waals surface area (Å²) in [6.45, 7) is 1.69. The van der Waals surface area contributed by atoms with Crippen molar-refractivity contribution < 1.29 is 23.5 Å². The summed E-state index contributed by atoms with van der Waals surface area (Å²) in [5.74, 6) is -0.382. The smallest absolute Gasteiger partial charge is 0.255 e. The highest BCUT2D eigenvalue weighted by atomic mass is 19.1. The second kappa shape index (κ2) is 9.01. The Bertz CT molecular complexity index is 1020. The van der Waals surface area contributed by atoms with Crippen LogP contribution in [0.25, 0.3) is 0 Å². The van der Waals surface area contributed by atoms with Gasteiger partial charge in [0.15, 0.2) is 17.3 Å². The number of ketones is 1. The number of Topliss-reactive ketones (excluding diaryl/α,β-unsaturated/α-hetero) is 1. The molecule has 3 aromatic rings. The molecule has 3 aromatic carbocycles. The molecule has 0 fully saturated rings. The molecule has 1 N–H and O–H groups in total. The third-order valence-corrected chi connectivity index (χ3v) is 4.27. The molecular formula is C23H20FNO4. The molecule has 0 bridgehead atoms. The topological polar surface area (TPSA) is 64.6 Å². The number of halogens is 1. The van der Waals surface area contributed by atoms with Crippen LogP contribution >= 0.6 is 0 Å². The van der Waals surface area contributed by atoms with Gasteiger partial charge in [0, 0.05) is 17.2 Å². The zero-order chi connectivity index (χ0) is 20.8. The number of benzene rings is 3. The van der Waals surface area contributed by atoms with Crippen LogP contribution in [-0.4, -0.2) is 18.8 Å². The lowest BCUT2D eigenvalue weighted by Gasteiger charge is -2.16. The van der Waals surface area contributed by atoms with Gasteiger partial charge in [0.1, 0.15) is 12.4 Å². The van der Waals surface area contributed by atoms with E-state index in [4.69, 9.17) is 9.47 Å². The molecule has 0 heterocycles. The molecule has 0 aromatic heterocycles. The molecule has 0 spiro atoms. The minimum absolute atomic E-state index is 0.243. The molecule has 1 amide bonds. The molecular weight excluding hydrogens is 373 g/mol. The molecule has 0 aliphatic rings. The second-order valence-corrected chi connectivity index (χ2v) is 6.34. The molecule has 5 nitrogen and oxygen atoms in total. The number of rotatable bonds is 7. The second-order valence-electron chi connectivity index (χ2n) is 6.34. The highest BCUT2D eigenvalue weighted by Gasteiger charge is 2.17. The number of hydrogen-bond acceptors (Lipinski definition) is 4. The summed E-state index contributed by atoms with van der Waals surface area (Å²) in [6, 6.07) is 17.8. The van der Waals surface area contributed by atoms with Crippen LogP contribution in [0.15, 0.2) is 66.7 Å². The number of methoxy groups -OCH3 is 1. The van der Waals surface area contributed by atoms with Gasteiger partial charge >= 0.3 is 0 Å². The van der Waals surface area contributed by atoms with Gasteiger partial charge in [-0.1, -0.05) is 30.3 Å². The van der Waals surface area contributed by atoms with Gasteiger partial charge in [0.05, 0.1) is 12.8 Å². The van der Waals surface area contributed by atoms with Crippen molar-refractivity contribution in [2.75, 3.05) is 12.4 Å². The van der Waals surface area contributed by atoms with Gasteiger partial charge < -0.3 is 14.8 Å². The highest BCUT2D eigenvalue weighted by molar-refractivity contribution is 6.09. The van der Waals surface area contributed by atoms with Crippen molar-refractivity contribution in [1.82, 2.24) is 0 Å². The molecule has 0 saturated heterocycles. The molecule has 6 heteroatoms. The molecule has 0 unspecified atom stereocenters. The quantitative estimate of drug-likeness (QED) is 0.582. The SMILES string of the molecule is COc1cc(C(C)=O)c(NC(=O)c2ccc(F)cc2)cc1OCc1ccccc1. The Morgan fingerprint density at radius 3 is 2.28 bits per heavy atom. The average molecular weight is 393 g/mol. The minimum Gasteiger partial charge on any atom is -0.493 e. The third kappa shape index (κ3) is 4.99. The van der Waals surface area contributed by atoms with Crippen molar-refractivity contribution >= 4 is 17.4 Å². The van der Waals surface area contributed by atoms with E-state index >= 15 is 0 Å². The van der Waals surface area contributed by atoms with E-state index in [0.717, 1.165) is 5.56 Å². The maximum Gasteiger partial charge on any atom is 0.255 e.